The van der Waals surface area contributed by atoms with E-state index in [-0.39, 0.29) is 22.3 Å². The molecule has 0 unspecified atom stereocenters. The van der Waals surface area contributed by atoms with Gasteiger partial charge in [0.25, 0.3) is 5.91 Å². The predicted octanol–water partition coefficient (Wildman–Crippen LogP) is 3.50. The summed E-state index contributed by atoms with van der Waals surface area (Å²) in [5, 5.41) is 5.75. The third kappa shape index (κ3) is 3.83. The molecule has 0 aliphatic carbocycles. The van der Waals surface area contributed by atoms with Gasteiger partial charge in [0.05, 0.1) is 10.0 Å². The topological polar surface area (TPSA) is 54.0 Å². The van der Waals surface area contributed by atoms with Crippen molar-refractivity contribution >= 4 is 34.9 Å². The minimum atomic E-state index is -0.502. The van der Waals surface area contributed by atoms with E-state index in [0.717, 1.165) is 0 Å². The molecule has 0 fully saturated rings. The molecule has 0 saturated carbocycles. The molecule has 0 atom stereocenters. The van der Waals surface area contributed by atoms with Gasteiger partial charge in [-0.3, -0.25) is 4.79 Å². The quantitative estimate of drug-likeness (QED) is 0.903. The number of hydrogen-bond acceptors (Lipinski definition) is 3. The summed E-state index contributed by atoms with van der Waals surface area (Å²) in [4.78, 5) is 16.2. The molecule has 0 radical (unpaired) electrons. The summed E-state index contributed by atoms with van der Waals surface area (Å²) >= 11 is 11.6. The zero-order valence-electron chi connectivity index (χ0n) is 11.1. The average molecular weight is 328 g/mol. The van der Waals surface area contributed by atoms with Crippen molar-refractivity contribution in [2.45, 2.75) is 6.54 Å². The Kier molecular flexibility index (Phi) is 4.98. The number of pyridine rings is 1. The first-order valence-electron chi connectivity index (χ1n) is 6.07. The molecule has 2 aromatic rings. The highest BCUT2D eigenvalue weighted by Crippen LogP contribution is 2.18. The third-order valence-corrected chi connectivity index (χ3v) is 3.35. The van der Waals surface area contributed by atoms with Crippen molar-refractivity contribution < 1.29 is 9.18 Å². The molecule has 1 heterocycles. The third-order valence-electron chi connectivity index (χ3n) is 2.75. The van der Waals surface area contributed by atoms with Crippen LogP contribution in [0.5, 0.6) is 0 Å². The predicted molar refractivity (Wildman–Crippen MR) is 81.4 cm³/mol. The molecular weight excluding hydrogens is 316 g/mol. The SMILES string of the molecule is CNc1ccc(Cl)c(C(=O)NCc2ccc(F)c(Cl)c2)n1. The highest BCUT2D eigenvalue weighted by molar-refractivity contribution is 6.33. The van der Waals surface area contributed by atoms with Crippen LogP contribution in [0.2, 0.25) is 10.0 Å². The van der Waals surface area contributed by atoms with E-state index in [1.54, 1.807) is 25.2 Å². The number of amides is 1. The van der Waals surface area contributed by atoms with Crippen LogP contribution in [0.3, 0.4) is 0 Å². The van der Waals surface area contributed by atoms with Gasteiger partial charge in [0, 0.05) is 13.6 Å². The smallest absolute Gasteiger partial charge is 0.271 e. The van der Waals surface area contributed by atoms with Crippen molar-refractivity contribution in [3.8, 4) is 0 Å². The molecule has 4 nitrogen and oxygen atoms in total. The van der Waals surface area contributed by atoms with Gasteiger partial charge < -0.3 is 10.6 Å². The minimum Gasteiger partial charge on any atom is -0.373 e. The molecule has 2 N–H and O–H groups in total. The first kappa shape index (κ1) is 15.5. The lowest BCUT2D eigenvalue weighted by Crippen LogP contribution is -2.24. The zero-order chi connectivity index (χ0) is 15.4. The highest BCUT2D eigenvalue weighted by Gasteiger charge is 2.13. The Morgan fingerprint density at radius 1 is 1.24 bits per heavy atom. The largest absolute Gasteiger partial charge is 0.373 e. The number of hydrogen-bond donors (Lipinski definition) is 2. The van der Waals surface area contributed by atoms with Crippen LogP contribution in [0.4, 0.5) is 10.2 Å². The lowest BCUT2D eigenvalue weighted by molar-refractivity contribution is 0.0946. The van der Waals surface area contributed by atoms with Crippen LogP contribution in [-0.4, -0.2) is 17.9 Å². The molecule has 0 saturated heterocycles. The summed E-state index contributed by atoms with van der Waals surface area (Å²) in [6, 6.07) is 7.50. The molecule has 0 spiro atoms. The zero-order valence-corrected chi connectivity index (χ0v) is 12.6. The number of aromatic nitrogens is 1. The van der Waals surface area contributed by atoms with E-state index >= 15 is 0 Å². The Morgan fingerprint density at radius 2 is 2.00 bits per heavy atom. The second kappa shape index (κ2) is 6.74. The van der Waals surface area contributed by atoms with E-state index in [4.69, 9.17) is 23.2 Å². The number of nitrogens with one attached hydrogen (secondary N) is 2. The molecule has 1 aromatic heterocycles. The molecule has 0 bridgehead atoms. The molecule has 110 valence electrons. The molecule has 21 heavy (non-hydrogen) atoms. The van der Waals surface area contributed by atoms with E-state index in [9.17, 15) is 9.18 Å². The molecule has 0 aliphatic heterocycles. The number of carbonyl (C=O) groups excluding carboxylic acids is 1. The van der Waals surface area contributed by atoms with Crippen molar-refractivity contribution in [1.29, 1.82) is 0 Å². The fourth-order valence-electron chi connectivity index (χ4n) is 1.66. The Labute approximate surface area is 131 Å². The number of nitrogens with zero attached hydrogens (tertiary/aromatic N) is 1. The lowest BCUT2D eigenvalue weighted by atomic mass is 10.2. The Hall–Kier alpha value is -1.85. The molecule has 0 aliphatic rings. The summed E-state index contributed by atoms with van der Waals surface area (Å²) < 4.78 is 13.0. The fourth-order valence-corrected chi connectivity index (χ4v) is 2.05. The summed E-state index contributed by atoms with van der Waals surface area (Å²) in [6.07, 6.45) is 0. The summed E-state index contributed by atoms with van der Waals surface area (Å²) in [6.45, 7) is 0.195. The number of benzene rings is 1. The van der Waals surface area contributed by atoms with Crippen molar-refractivity contribution in [3.05, 3.63) is 57.5 Å². The van der Waals surface area contributed by atoms with E-state index < -0.39 is 11.7 Å². The van der Waals surface area contributed by atoms with Gasteiger partial charge in [-0.1, -0.05) is 29.3 Å². The van der Waals surface area contributed by atoms with Gasteiger partial charge in [-0.15, -0.1) is 0 Å². The van der Waals surface area contributed by atoms with Gasteiger partial charge in [0.2, 0.25) is 0 Å². The molecular formula is C14H12Cl2FN3O. The Balaban J connectivity index is 2.09. The van der Waals surface area contributed by atoms with Crippen molar-refractivity contribution in [2.75, 3.05) is 12.4 Å². The monoisotopic (exact) mass is 327 g/mol. The average Bonchev–Trinajstić information content (AvgIpc) is 2.48. The van der Waals surface area contributed by atoms with Gasteiger partial charge in [-0.2, -0.15) is 0 Å². The highest BCUT2D eigenvalue weighted by atomic mass is 35.5. The van der Waals surface area contributed by atoms with E-state index in [0.29, 0.717) is 11.4 Å². The van der Waals surface area contributed by atoms with Crippen LogP contribution >= 0.6 is 23.2 Å². The van der Waals surface area contributed by atoms with Crippen molar-refractivity contribution in [1.82, 2.24) is 10.3 Å². The van der Waals surface area contributed by atoms with Crippen LogP contribution < -0.4 is 10.6 Å². The fraction of sp³-hybridized carbons (Fsp3) is 0.143. The normalized spacial score (nSPS) is 10.3. The maximum absolute atomic E-state index is 13.0. The minimum absolute atomic E-state index is 0.00934. The van der Waals surface area contributed by atoms with Crippen LogP contribution in [-0.2, 0) is 6.54 Å². The number of carbonyl (C=O) groups is 1. The second-order valence-corrected chi connectivity index (χ2v) is 5.02. The maximum atomic E-state index is 13.0. The maximum Gasteiger partial charge on any atom is 0.271 e. The van der Waals surface area contributed by atoms with Gasteiger partial charge in [0.15, 0.2) is 0 Å². The first-order chi connectivity index (χ1) is 10.0. The van der Waals surface area contributed by atoms with E-state index in [1.165, 1.54) is 12.1 Å². The van der Waals surface area contributed by atoms with Crippen LogP contribution in [0.25, 0.3) is 0 Å². The van der Waals surface area contributed by atoms with Crippen LogP contribution in [0.15, 0.2) is 30.3 Å². The molecule has 1 amide bonds. The second-order valence-electron chi connectivity index (χ2n) is 4.21. The van der Waals surface area contributed by atoms with E-state index in [2.05, 4.69) is 15.6 Å². The number of rotatable bonds is 4. The number of halogens is 3. The summed E-state index contributed by atoms with van der Waals surface area (Å²) in [7, 11) is 1.69. The van der Waals surface area contributed by atoms with Crippen LogP contribution in [0, 0.1) is 5.82 Å². The van der Waals surface area contributed by atoms with Gasteiger partial charge in [-0.25, -0.2) is 9.37 Å². The summed E-state index contributed by atoms with van der Waals surface area (Å²) in [5.41, 5.74) is 0.798. The van der Waals surface area contributed by atoms with Gasteiger partial charge in [0.1, 0.15) is 17.3 Å². The Morgan fingerprint density at radius 3 is 2.67 bits per heavy atom. The first-order valence-corrected chi connectivity index (χ1v) is 6.83. The lowest BCUT2D eigenvalue weighted by Gasteiger charge is -2.08. The summed E-state index contributed by atoms with van der Waals surface area (Å²) in [5.74, 6) is -0.384. The van der Waals surface area contributed by atoms with Crippen LogP contribution in [0.1, 0.15) is 16.1 Å². The van der Waals surface area contributed by atoms with Gasteiger partial charge in [-0.05, 0) is 29.8 Å². The number of anilines is 1. The molecule has 7 heteroatoms. The van der Waals surface area contributed by atoms with Crippen molar-refractivity contribution in [3.63, 3.8) is 0 Å². The molecule has 1 aromatic carbocycles. The standard InChI is InChI=1S/C14H12Cl2FN3O/c1-18-12-5-3-9(15)13(20-12)14(21)19-7-8-2-4-11(17)10(16)6-8/h2-6H,7H2,1H3,(H,18,20)(H,19,21). The Bertz CT molecular complexity index is 679. The molecule has 2 rings (SSSR count). The van der Waals surface area contributed by atoms with Gasteiger partial charge >= 0.3 is 0 Å². The van der Waals surface area contributed by atoms with E-state index in [1.807, 2.05) is 0 Å². The van der Waals surface area contributed by atoms with Crippen molar-refractivity contribution in [2.24, 2.45) is 0 Å².